The Morgan fingerprint density at radius 3 is 2.56 bits per heavy atom. The molecule has 2 N–H and O–H groups in total. The van der Waals surface area contributed by atoms with Crippen molar-refractivity contribution >= 4 is 35.8 Å². The second kappa shape index (κ2) is 12.2. The summed E-state index contributed by atoms with van der Waals surface area (Å²) in [6.07, 6.45) is 2.18. The van der Waals surface area contributed by atoms with Crippen molar-refractivity contribution in [2.75, 3.05) is 40.3 Å². The van der Waals surface area contributed by atoms with Gasteiger partial charge in [0.1, 0.15) is 6.54 Å². The minimum atomic E-state index is 0. The summed E-state index contributed by atoms with van der Waals surface area (Å²) >= 11 is 0. The summed E-state index contributed by atoms with van der Waals surface area (Å²) in [7, 11) is 3.50. The Hall–Kier alpha value is -1.35. The smallest absolute Gasteiger partial charge is 0.243 e. The Bertz CT molecular complexity index is 620. The highest BCUT2D eigenvalue weighted by Crippen LogP contribution is 2.21. The van der Waals surface area contributed by atoms with Gasteiger partial charge in [-0.05, 0) is 30.9 Å². The summed E-state index contributed by atoms with van der Waals surface area (Å²) in [6, 6.07) is 9.17. The van der Waals surface area contributed by atoms with Gasteiger partial charge < -0.3 is 15.5 Å². The van der Waals surface area contributed by atoms with E-state index in [1.165, 1.54) is 11.1 Å². The normalized spacial score (nSPS) is 15.3. The molecule has 0 bridgehead atoms. The molecule has 1 heterocycles. The number of carbonyl (C=O) groups excluding carboxylic acids is 1. The molecular weight excluding hydrogens is 453 g/mol. The lowest BCUT2D eigenvalue weighted by molar-refractivity contribution is -0.127. The standard InChI is InChI=1S/C20H33N5O.HI/c1-5-18(25-12-11-16-9-7-8-10-17(16)15-25)13-22-20(21-6-2)23-14-19(26)24(3)4;/h7-10,18H,5-6,11-15H2,1-4H3,(H2,21,22,23);1H. The highest BCUT2D eigenvalue weighted by atomic mass is 127. The summed E-state index contributed by atoms with van der Waals surface area (Å²) in [5.74, 6) is 0.709. The summed E-state index contributed by atoms with van der Waals surface area (Å²) in [6.45, 7) is 8.11. The van der Waals surface area contributed by atoms with Crippen LogP contribution in [0.25, 0.3) is 0 Å². The molecule has 0 fully saturated rings. The van der Waals surface area contributed by atoms with Gasteiger partial charge in [0.2, 0.25) is 5.91 Å². The van der Waals surface area contributed by atoms with Crippen LogP contribution in [0, 0.1) is 0 Å². The molecule has 0 radical (unpaired) electrons. The number of hydrogen-bond acceptors (Lipinski definition) is 3. The number of hydrogen-bond donors (Lipinski definition) is 2. The Labute approximate surface area is 180 Å². The van der Waals surface area contributed by atoms with Crippen LogP contribution in [-0.2, 0) is 17.8 Å². The van der Waals surface area contributed by atoms with Crippen molar-refractivity contribution in [3.63, 3.8) is 0 Å². The number of fused-ring (bicyclic) bond motifs is 1. The van der Waals surface area contributed by atoms with E-state index < -0.39 is 0 Å². The van der Waals surface area contributed by atoms with Crippen molar-refractivity contribution in [1.82, 2.24) is 20.4 Å². The zero-order valence-electron chi connectivity index (χ0n) is 17.0. The van der Waals surface area contributed by atoms with E-state index in [4.69, 9.17) is 0 Å². The van der Waals surface area contributed by atoms with Crippen LogP contribution in [0.4, 0.5) is 0 Å². The van der Waals surface area contributed by atoms with Gasteiger partial charge in [0.05, 0.1) is 0 Å². The van der Waals surface area contributed by atoms with E-state index in [0.717, 1.165) is 39.0 Å². The second-order valence-electron chi connectivity index (χ2n) is 6.92. The molecule has 1 aliphatic heterocycles. The van der Waals surface area contributed by atoms with Crippen LogP contribution in [0.5, 0.6) is 0 Å². The van der Waals surface area contributed by atoms with E-state index in [1.807, 2.05) is 6.92 Å². The molecule has 0 saturated carbocycles. The Morgan fingerprint density at radius 1 is 1.22 bits per heavy atom. The minimum Gasteiger partial charge on any atom is -0.357 e. The number of halogens is 1. The van der Waals surface area contributed by atoms with Crippen molar-refractivity contribution in [3.8, 4) is 0 Å². The van der Waals surface area contributed by atoms with Crippen LogP contribution < -0.4 is 10.6 Å². The molecule has 27 heavy (non-hydrogen) atoms. The number of nitrogens with zero attached hydrogens (tertiary/aromatic N) is 3. The van der Waals surface area contributed by atoms with Crippen LogP contribution in [0.2, 0.25) is 0 Å². The summed E-state index contributed by atoms with van der Waals surface area (Å²) in [5.41, 5.74) is 2.91. The van der Waals surface area contributed by atoms with Crippen LogP contribution in [0.15, 0.2) is 29.3 Å². The maximum Gasteiger partial charge on any atom is 0.243 e. The van der Waals surface area contributed by atoms with Gasteiger partial charge in [-0.15, -0.1) is 24.0 Å². The first-order valence-electron chi connectivity index (χ1n) is 9.58. The van der Waals surface area contributed by atoms with Gasteiger partial charge >= 0.3 is 0 Å². The molecule has 1 aliphatic rings. The highest BCUT2D eigenvalue weighted by Gasteiger charge is 2.22. The quantitative estimate of drug-likeness (QED) is 0.352. The maximum atomic E-state index is 11.8. The lowest BCUT2D eigenvalue weighted by Crippen LogP contribution is -2.48. The van der Waals surface area contributed by atoms with Gasteiger partial charge in [0, 0.05) is 46.3 Å². The van der Waals surface area contributed by atoms with E-state index >= 15 is 0 Å². The monoisotopic (exact) mass is 487 g/mol. The molecule has 0 aliphatic carbocycles. The van der Waals surface area contributed by atoms with Gasteiger partial charge in [-0.2, -0.15) is 0 Å². The number of likely N-dealkylation sites (N-methyl/N-ethyl adjacent to an activating group) is 1. The van der Waals surface area contributed by atoms with Gasteiger partial charge in [-0.25, -0.2) is 4.99 Å². The largest absolute Gasteiger partial charge is 0.357 e. The van der Waals surface area contributed by atoms with Crippen molar-refractivity contribution in [2.24, 2.45) is 4.99 Å². The molecule has 1 atom stereocenters. The predicted octanol–water partition coefficient (Wildman–Crippen LogP) is 2.08. The van der Waals surface area contributed by atoms with Gasteiger partial charge in [0.15, 0.2) is 5.96 Å². The van der Waals surface area contributed by atoms with Crippen molar-refractivity contribution in [3.05, 3.63) is 35.4 Å². The molecule has 7 heteroatoms. The van der Waals surface area contributed by atoms with E-state index in [0.29, 0.717) is 12.0 Å². The van der Waals surface area contributed by atoms with Gasteiger partial charge in [-0.1, -0.05) is 31.2 Å². The average Bonchev–Trinajstić information content (AvgIpc) is 2.65. The average molecular weight is 487 g/mol. The van der Waals surface area contributed by atoms with E-state index in [-0.39, 0.29) is 36.4 Å². The van der Waals surface area contributed by atoms with E-state index in [2.05, 4.69) is 51.7 Å². The van der Waals surface area contributed by atoms with Gasteiger partial charge in [0.25, 0.3) is 0 Å². The first kappa shape index (κ1) is 23.7. The van der Waals surface area contributed by atoms with E-state index in [1.54, 1.807) is 19.0 Å². The molecule has 0 saturated heterocycles. The maximum absolute atomic E-state index is 11.8. The Kier molecular flexibility index (Phi) is 10.7. The molecular formula is C20H34IN5O. The van der Waals surface area contributed by atoms with Gasteiger partial charge in [-0.3, -0.25) is 9.69 Å². The summed E-state index contributed by atoms with van der Waals surface area (Å²) < 4.78 is 0. The molecule has 0 aromatic heterocycles. The lowest BCUT2D eigenvalue weighted by atomic mass is 9.98. The molecule has 2 rings (SSSR count). The third kappa shape index (κ3) is 7.29. The fourth-order valence-corrected chi connectivity index (χ4v) is 3.21. The first-order valence-corrected chi connectivity index (χ1v) is 9.58. The van der Waals surface area contributed by atoms with E-state index in [9.17, 15) is 4.79 Å². The molecule has 1 aromatic rings. The van der Waals surface area contributed by atoms with Crippen molar-refractivity contribution in [1.29, 1.82) is 0 Å². The number of carbonyl (C=O) groups is 1. The second-order valence-corrected chi connectivity index (χ2v) is 6.92. The predicted molar refractivity (Wildman–Crippen MR) is 123 cm³/mol. The van der Waals surface area contributed by atoms with Crippen molar-refractivity contribution < 1.29 is 4.79 Å². The molecule has 1 amide bonds. The first-order chi connectivity index (χ1) is 12.5. The van der Waals surface area contributed by atoms with Crippen LogP contribution in [0.1, 0.15) is 31.4 Å². The van der Waals surface area contributed by atoms with Crippen LogP contribution in [-0.4, -0.2) is 68.0 Å². The SMILES string of the molecule is CCNC(=NCC(=O)N(C)C)NCC(CC)N1CCc2ccccc2C1.I. The molecule has 6 nitrogen and oxygen atoms in total. The third-order valence-corrected chi connectivity index (χ3v) is 4.87. The molecule has 1 unspecified atom stereocenters. The number of aliphatic imine (C=N–C) groups is 1. The Morgan fingerprint density at radius 2 is 1.93 bits per heavy atom. The highest BCUT2D eigenvalue weighted by molar-refractivity contribution is 14.0. The fourth-order valence-electron chi connectivity index (χ4n) is 3.21. The topological polar surface area (TPSA) is 60.0 Å². The molecule has 1 aromatic carbocycles. The fraction of sp³-hybridized carbons (Fsp3) is 0.600. The minimum absolute atomic E-state index is 0. The summed E-state index contributed by atoms with van der Waals surface area (Å²) in [5, 5.41) is 6.64. The van der Waals surface area contributed by atoms with Crippen molar-refractivity contribution in [2.45, 2.75) is 39.3 Å². The lowest BCUT2D eigenvalue weighted by Gasteiger charge is -2.35. The summed E-state index contributed by atoms with van der Waals surface area (Å²) in [4.78, 5) is 20.3. The molecule has 0 spiro atoms. The third-order valence-electron chi connectivity index (χ3n) is 4.87. The Balaban J connectivity index is 0.00000364. The molecule has 152 valence electrons. The number of nitrogens with one attached hydrogen (secondary N) is 2. The number of guanidine groups is 1. The zero-order chi connectivity index (χ0) is 18.9. The zero-order valence-corrected chi connectivity index (χ0v) is 19.3. The van der Waals surface area contributed by atoms with Crippen LogP contribution in [0.3, 0.4) is 0 Å². The number of benzene rings is 1. The number of rotatable bonds is 7. The van der Waals surface area contributed by atoms with Crippen LogP contribution >= 0.6 is 24.0 Å². The number of amides is 1.